The molecular formula is C24H23BrN2O3. The fourth-order valence-electron chi connectivity index (χ4n) is 3.78. The second-order valence-electron chi connectivity index (χ2n) is 7.94. The van der Waals surface area contributed by atoms with Crippen LogP contribution in [0.15, 0.2) is 70.4 Å². The van der Waals surface area contributed by atoms with Gasteiger partial charge in [0.1, 0.15) is 17.6 Å². The highest BCUT2D eigenvalue weighted by atomic mass is 79.9. The van der Waals surface area contributed by atoms with Crippen LogP contribution in [-0.4, -0.2) is 40.2 Å². The third kappa shape index (κ3) is 3.57. The van der Waals surface area contributed by atoms with Gasteiger partial charge in [-0.3, -0.25) is 0 Å². The van der Waals surface area contributed by atoms with E-state index in [0.29, 0.717) is 11.3 Å². The van der Waals surface area contributed by atoms with E-state index in [2.05, 4.69) is 42.2 Å². The van der Waals surface area contributed by atoms with Gasteiger partial charge in [0.15, 0.2) is 0 Å². The lowest BCUT2D eigenvalue weighted by Crippen LogP contribution is -3.09. The van der Waals surface area contributed by atoms with Crippen molar-refractivity contribution < 1.29 is 19.5 Å². The number of quaternary nitrogens is 1. The predicted octanol–water partition coefficient (Wildman–Crippen LogP) is 2.04. The van der Waals surface area contributed by atoms with Crippen molar-refractivity contribution in [1.82, 2.24) is 0 Å². The molecule has 5 nitrogen and oxygen atoms in total. The molecule has 154 valence electrons. The van der Waals surface area contributed by atoms with E-state index in [4.69, 9.17) is 4.74 Å². The molecule has 6 heteroatoms. The van der Waals surface area contributed by atoms with Gasteiger partial charge in [-0.2, -0.15) is 0 Å². The van der Waals surface area contributed by atoms with Gasteiger partial charge < -0.3 is 24.4 Å². The minimum Gasteiger partial charge on any atom is -0.545 e. The highest BCUT2D eigenvalue weighted by Gasteiger charge is 2.30. The van der Waals surface area contributed by atoms with Gasteiger partial charge in [0.25, 0.3) is 0 Å². The molecular weight excluding hydrogens is 444 g/mol. The van der Waals surface area contributed by atoms with Gasteiger partial charge in [-0.25, -0.2) is 0 Å². The van der Waals surface area contributed by atoms with Gasteiger partial charge in [-0.15, -0.1) is 0 Å². The van der Waals surface area contributed by atoms with E-state index >= 15 is 0 Å². The molecule has 2 aromatic rings. The summed E-state index contributed by atoms with van der Waals surface area (Å²) in [6, 6.07) is 11.3. The number of rotatable bonds is 4. The van der Waals surface area contributed by atoms with Crippen LogP contribution in [0.25, 0.3) is 5.57 Å². The van der Waals surface area contributed by atoms with Crippen molar-refractivity contribution in [3.8, 4) is 5.75 Å². The quantitative estimate of drug-likeness (QED) is 0.748. The van der Waals surface area contributed by atoms with Crippen LogP contribution in [0.3, 0.4) is 0 Å². The van der Waals surface area contributed by atoms with Gasteiger partial charge in [-0.05, 0) is 42.0 Å². The third-order valence-electron chi connectivity index (χ3n) is 5.44. The Bertz CT molecular complexity index is 1130. The van der Waals surface area contributed by atoms with E-state index in [-0.39, 0.29) is 11.6 Å². The molecule has 4 rings (SSSR count). The third-order valence-corrected chi connectivity index (χ3v) is 5.94. The number of nitrogens with one attached hydrogen (secondary N) is 1. The van der Waals surface area contributed by atoms with Crippen molar-refractivity contribution in [3.05, 3.63) is 87.1 Å². The topological polar surface area (TPSA) is 57.0 Å². The van der Waals surface area contributed by atoms with Gasteiger partial charge in [0, 0.05) is 58.7 Å². The van der Waals surface area contributed by atoms with E-state index in [0.717, 1.165) is 32.6 Å². The molecule has 0 fully saturated rings. The summed E-state index contributed by atoms with van der Waals surface area (Å²) in [6.07, 6.45) is 6.24. The number of carboxylic acid groups (broad SMARTS) is 1. The average Bonchev–Trinajstić information content (AvgIpc) is 2.70. The maximum Gasteiger partial charge on any atom is 0.137 e. The molecule has 1 aliphatic carbocycles. The van der Waals surface area contributed by atoms with E-state index < -0.39 is 5.97 Å². The van der Waals surface area contributed by atoms with Crippen molar-refractivity contribution in [3.63, 3.8) is 0 Å². The normalized spacial score (nSPS) is 17.3. The molecule has 2 aliphatic rings. The van der Waals surface area contributed by atoms with Crippen LogP contribution in [0.4, 0.5) is 5.69 Å². The minimum absolute atomic E-state index is 0.151. The van der Waals surface area contributed by atoms with Crippen LogP contribution in [-0.2, 0) is 0 Å². The van der Waals surface area contributed by atoms with Crippen LogP contribution in [0.5, 0.6) is 5.75 Å². The van der Waals surface area contributed by atoms with Gasteiger partial charge >= 0.3 is 0 Å². The van der Waals surface area contributed by atoms with Crippen LogP contribution >= 0.6 is 15.9 Å². The smallest absolute Gasteiger partial charge is 0.137 e. The molecule has 1 heterocycles. The number of halogens is 1. The molecule has 0 aromatic heterocycles. The molecule has 1 N–H and O–H groups in total. The Balaban J connectivity index is 2.02. The van der Waals surface area contributed by atoms with Gasteiger partial charge in [0.2, 0.25) is 0 Å². The Kier molecular flexibility index (Phi) is 5.30. The number of benzene rings is 2. The number of carbonyl (C=O) groups excluding carboxylic acids is 1. The first kappa shape index (κ1) is 20.4. The van der Waals surface area contributed by atoms with Gasteiger partial charge in [0.05, 0.1) is 20.1 Å². The molecule has 1 aliphatic heterocycles. The molecule has 0 saturated carbocycles. The van der Waals surface area contributed by atoms with Crippen molar-refractivity contribution in [2.24, 2.45) is 0 Å². The number of hydrogen-bond acceptors (Lipinski definition) is 4. The van der Waals surface area contributed by atoms with E-state index in [1.807, 2.05) is 49.3 Å². The lowest BCUT2D eigenvalue weighted by Gasteiger charge is -2.30. The summed E-state index contributed by atoms with van der Waals surface area (Å²) in [5, 5.41) is 11.9. The second-order valence-corrected chi connectivity index (χ2v) is 8.85. The molecule has 0 saturated heterocycles. The first-order valence-electron chi connectivity index (χ1n) is 9.72. The van der Waals surface area contributed by atoms with Crippen LogP contribution in [0.2, 0.25) is 0 Å². The number of nitrogens with zero attached hydrogens (tertiary/aromatic N) is 1. The minimum atomic E-state index is -1.20. The zero-order valence-electron chi connectivity index (χ0n) is 17.3. The fraction of sp³-hybridized carbons (Fsp3) is 0.208. The van der Waals surface area contributed by atoms with Crippen LogP contribution in [0, 0.1) is 0 Å². The SMILES string of the molecule is CN(C)c1ccc2c(c1)OC1=CC([NH+](C)C)C=CC1=C2c1cc(Br)ccc1C(=O)[O-]. The van der Waals surface area contributed by atoms with E-state index in [1.54, 1.807) is 12.1 Å². The van der Waals surface area contributed by atoms with Crippen molar-refractivity contribution in [1.29, 1.82) is 0 Å². The Morgan fingerprint density at radius 3 is 2.57 bits per heavy atom. The molecule has 30 heavy (non-hydrogen) atoms. The Hall–Kier alpha value is -2.83. The highest BCUT2D eigenvalue weighted by molar-refractivity contribution is 9.10. The van der Waals surface area contributed by atoms with Crippen LogP contribution in [0.1, 0.15) is 21.5 Å². The van der Waals surface area contributed by atoms with Crippen LogP contribution < -0.4 is 19.6 Å². The van der Waals surface area contributed by atoms with Gasteiger partial charge in [-0.1, -0.05) is 22.0 Å². The molecule has 0 spiro atoms. The Morgan fingerprint density at radius 2 is 1.90 bits per heavy atom. The number of likely N-dealkylation sites (N-methyl/N-ethyl adjacent to an activating group) is 1. The molecule has 2 aromatic carbocycles. The van der Waals surface area contributed by atoms with Crippen molar-refractivity contribution in [2.75, 3.05) is 33.1 Å². The molecule has 1 unspecified atom stereocenters. The summed E-state index contributed by atoms with van der Waals surface area (Å²) in [7, 11) is 8.13. The lowest BCUT2D eigenvalue weighted by molar-refractivity contribution is -0.871. The molecule has 0 radical (unpaired) electrons. The standard InChI is InChI=1S/C24H23BrN2O3/c1-26(2)15-6-9-18-21(12-15)30-22-13-16(27(3)4)7-10-19(22)23(18)20-11-14(25)5-8-17(20)24(28)29/h5-13,15H,1-4H3,(H,28,29). The predicted molar refractivity (Wildman–Crippen MR) is 120 cm³/mol. The zero-order valence-corrected chi connectivity index (χ0v) is 18.9. The summed E-state index contributed by atoms with van der Waals surface area (Å²) in [5.74, 6) is 0.245. The summed E-state index contributed by atoms with van der Waals surface area (Å²) < 4.78 is 7.13. The maximum absolute atomic E-state index is 11.9. The summed E-state index contributed by atoms with van der Waals surface area (Å²) in [6.45, 7) is 0. The molecule has 0 bridgehead atoms. The maximum atomic E-state index is 11.9. The largest absolute Gasteiger partial charge is 0.545 e. The highest BCUT2D eigenvalue weighted by Crippen LogP contribution is 2.45. The van der Waals surface area contributed by atoms with E-state index in [1.165, 1.54) is 4.90 Å². The number of ether oxygens (including phenoxy) is 1. The number of carboxylic acids is 1. The number of aromatic carboxylic acids is 1. The van der Waals surface area contributed by atoms with E-state index in [9.17, 15) is 9.90 Å². The Labute approximate surface area is 184 Å². The van der Waals surface area contributed by atoms with Crippen molar-refractivity contribution in [2.45, 2.75) is 6.04 Å². The zero-order chi connectivity index (χ0) is 21.6. The number of allylic oxidation sites excluding steroid dienone is 1. The second kappa shape index (κ2) is 7.78. The van der Waals surface area contributed by atoms with Crippen molar-refractivity contribution >= 4 is 33.2 Å². The number of anilines is 1. The number of hydrogen-bond donors (Lipinski definition) is 1. The monoisotopic (exact) mass is 466 g/mol. The summed E-state index contributed by atoms with van der Waals surface area (Å²) in [5.41, 5.74) is 4.32. The first-order valence-corrected chi connectivity index (χ1v) is 10.5. The molecule has 0 amide bonds. The summed E-state index contributed by atoms with van der Waals surface area (Å²) in [4.78, 5) is 15.2. The summed E-state index contributed by atoms with van der Waals surface area (Å²) >= 11 is 3.49. The Morgan fingerprint density at radius 1 is 1.13 bits per heavy atom. The average molecular weight is 467 g/mol. The lowest BCUT2D eigenvalue weighted by atomic mass is 9.85. The molecule has 1 atom stereocenters. The number of fused-ring (bicyclic) bond motifs is 2. The first-order chi connectivity index (χ1) is 14.3. The fourth-order valence-corrected chi connectivity index (χ4v) is 4.14. The number of carbonyl (C=O) groups is 1.